The van der Waals surface area contributed by atoms with E-state index in [-0.39, 0.29) is 51.8 Å². The number of fused-ring (bicyclic) bond motifs is 1. The summed E-state index contributed by atoms with van der Waals surface area (Å²) in [5.41, 5.74) is 0.134. The first-order chi connectivity index (χ1) is 16.9. The second-order valence-electron chi connectivity index (χ2n) is 8.48. The summed E-state index contributed by atoms with van der Waals surface area (Å²) in [5, 5.41) is 2.40. The zero-order valence-electron chi connectivity index (χ0n) is 19.7. The van der Waals surface area contributed by atoms with E-state index >= 15 is 0 Å². The molecule has 10 nitrogen and oxygen atoms in total. The highest BCUT2D eigenvalue weighted by Crippen LogP contribution is 2.36. The Labute approximate surface area is 231 Å². The molecular formula is C22H24Cl3N3O7S2. The third-order valence-electron chi connectivity index (χ3n) is 5.96. The van der Waals surface area contributed by atoms with E-state index < -0.39 is 49.2 Å². The molecule has 2 aliphatic rings. The molecule has 1 amide bonds. The third kappa shape index (κ3) is 5.20. The van der Waals surface area contributed by atoms with Gasteiger partial charge in [-0.15, -0.1) is 12.4 Å². The topological polar surface area (TPSA) is 130 Å². The summed E-state index contributed by atoms with van der Waals surface area (Å²) >= 11 is 12.5. The highest BCUT2D eigenvalue weighted by Gasteiger charge is 2.44. The Bertz CT molecular complexity index is 1460. The van der Waals surface area contributed by atoms with E-state index in [1.165, 1.54) is 22.5 Å². The molecule has 1 saturated heterocycles. The number of piperazine rings is 1. The van der Waals surface area contributed by atoms with Crippen molar-refractivity contribution in [3.8, 4) is 0 Å². The van der Waals surface area contributed by atoms with Crippen LogP contribution < -0.4 is 5.32 Å². The number of nitrogens with zero attached hydrogens (tertiary/aromatic N) is 2. The molecule has 0 atom stereocenters. The van der Waals surface area contributed by atoms with Crippen molar-refractivity contribution in [1.82, 2.24) is 13.9 Å². The van der Waals surface area contributed by atoms with Gasteiger partial charge in [-0.2, -0.15) is 8.61 Å². The van der Waals surface area contributed by atoms with Gasteiger partial charge >= 0.3 is 5.97 Å². The first-order valence-corrected chi connectivity index (χ1v) is 14.6. The molecule has 0 radical (unpaired) electrons. The standard InChI is InChI=1S/C22H23Cl2N3O7S2.ClH/c1-13(2)14-4-3-5-16-18(14)21(28)27(36(16,32)33)12-34-22(29)19-15(23)6-7-17(20(19)24)35(30,31)26-10-8-25-9-11-26;/h3-7,13,25H,8-12H2,1-2H3;1H. The minimum atomic E-state index is -4.26. The van der Waals surface area contributed by atoms with Crippen LogP contribution in [-0.2, 0) is 24.8 Å². The van der Waals surface area contributed by atoms with Crippen LogP contribution in [-0.4, -0.2) is 70.2 Å². The van der Waals surface area contributed by atoms with E-state index in [0.717, 1.165) is 0 Å². The van der Waals surface area contributed by atoms with Crippen molar-refractivity contribution < 1.29 is 31.2 Å². The maximum absolute atomic E-state index is 13.1. The zero-order chi connectivity index (χ0) is 26.4. The molecular weight excluding hydrogens is 589 g/mol. The lowest BCUT2D eigenvalue weighted by Crippen LogP contribution is -2.46. The van der Waals surface area contributed by atoms with Crippen LogP contribution in [0.5, 0.6) is 0 Å². The molecule has 1 N–H and O–H groups in total. The number of benzene rings is 2. The predicted octanol–water partition coefficient (Wildman–Crippen LogP) is 3.09. The van der Waals surface area contributed by atoms with Crippen molar-refractivity contribution in [3.05, 3.63) is 57.1 Å². The van der Waals surface area contributed by atoms with E-state index in [0.29, 0.717) is 23.0 Å². The van der Waals surface area contributed by atoms with Gasteiger partial charge in [0.25, 0.3) is 15.9 Å². The lowest BCUT2D eigenvalue weighted by atomic mass is 9.97. The fourth-order valence-electron chi connectivity index (χ4n) is 4.09. The van der Waals surface area contributed by atoms with Crippen molar-refractivity contribution in [3.63, 3.8) is 0 Å². The summed E-state index contributed by atoms with van der Waals surface area (Å²) in [6.45, 7) is 4.06. The number of halogens is 3. The molecule has 0 aromatic heterocycles. The number of rotatable bonds is 6. The Morgan fingerprint density at radius 1 is 1.14 bits per heavy atom. The smallest absolute Gasteiger partial charge is 0.342 e. The summed E-state index contributed by atoms with van der Waals surface area (Å²) in [7, 11) is -8.30. The third-order valence-corrected chi connectivity index (χ3v) is 10.5. The van der Waals surface area contributed by atoms with Crippen LogP contribution in [0.25, 0.3) is 0 Å². The summed E-state index contributed by atoms with van der Waals surface area (Å²) in [6, 6.07) is 6.90. The van der Waals surface area contributed by atoms with E-state index in [4.69, 9.17) is 27.9 Å². The Morgan fingerprint density at radius 3 is 2.41 bits per heavy atom. The number of carbonyl (C=O) groups excluding carboxylic acids is 2. The van der Waals surface area contributed by atoms with Crippen molar-refractivity contribution in [2.75, 3.05) is 32.9 Å². The molecule has 2 heterocycles. The van der Waals surface area contributed by atoms with Gasteiger partial charge in [0.2, 0.25) is 10.0 Å². The van der Waals surface area contributed by atoms with Crippen LogP contribution in [0.2, 0.25) is 10.0 Å². The Balaban J connectivity index is 0.00000380. The Kier molecular flexibility index (Phi) is 8.85. The highest BCUT2D eigenvalue weighted by atomic mass is 35.5. The van der Waals surface area contributed by atoms with Crippen molar-refractivity contribution >= 4 is 67.5 Å². The molecule has 0 aliphatic carbocycles. The van der Waals surface area contributed by atoms with Crippen molar-refractivity contribution in [2.24, 2.45) is 0 Å². The number of sulfonamides is 2. The van der Waals surface area contributed by atoms with E-state index in [9.17, 15) is 26.4 Å². The molecule has 0 unspecified atom stereocenters. The van der Waals surface area contributed by atoms with Gasteiger partial charge in [0, 0.05) is 26.2 Å². The predicted molar refractivity (Wildman–Crippen MR) is 140 cm³/mol. The average Bonchev–Trinajstić information content (AvgIpc) is 3.03. The lowest BCUT2D eigenvalue weighted by molar-refractivity contribution is 0.0358. The molecule has 0 spiro atoms. The first kappa shape index (κ1) is 29.6. The molecule has 15 heteroatoms. The van der Waals surface area contributed by atoms with Crippen LogP contribution in [0.3, 0.4) is 0 Å². The van der Waals surface area contributed by atoms with E-state index in [1.807, 2.05) is 13.8 Å². The van der Waals surface area contributed by atoms with Gasteiger partial charge in [-0.05, 0) is 29.7 Å². The van der Waals surface area contributed by atoms with Crippen molar-refractivity contribution in [1.29, 1.82) is 0 Å². The van der Waals surface area contributed by atoms with Gasteiger partial charge in [0.15, 0.2) is 6.73 Å². The number of carbonyl (C=O) groups is 2. The van der Waals surface area contributed by atoms with Crippen LogP contribution in [0.15, 0.2) is 40.1 Å². The molecule has 37 heavy (non-hydrogen) atoms. The minimum absolute atomic E-state index is 0. The zero-order valence-corrected chi connectivity index (χ0v) is 23.7. The summed E-state index contributed by atoms with van der Waals surface area (Å²) in [5.74, 6) is -2.13. The summed E-state index contributed by atoms with van der Waals surface area (Å²) in [4.78, 5) is 25.4. The maximum Gasteiger partial charge on any atom is 0.342 e. The molecule has 2 aliphatic heterocycles. The van der Waals surface area contributed by atoms with Gasteiger partial charge < -0.3 is 10.1 Å². The molecule has 2 aromatic carbocycles. The van der Waals surface area contributed by atoms with Gasteiger partial charge in [-0.25, -0.2) is 21.6 Å². The fraction of sp³-hybridized carbons (Fsp3) is 0.364. The highest BCUT2D eigenvalue weighted by molar-refractivity contribution is 7.90. The maximum atomic E-state index is 13.1. The number of nitrogens with one attached hydrogen (secondary N) is 1. The van der Waals surface area contributed by atoms with Crippen LogP contribution in [0.4, 0.5) is 0 Å². The normalized spacial score (nSPS) is 17.4. The van der Waals surface area contributed by atoms with E-state index in [1.54, 1.807) is 12.1 Å². The second kappa shape index (κ2) is 11.0. The molecule has 202 valence electrons. The van der Waals surface area contributed by atoms with Gasteiger partial charge in [0.05, 0.1) is 21.2 Å². The SMILES string of the molecule is CC(C)c1cccc2c1C(=O)N(COC(=O)c1c(Cl)ccc(S(=O)(=O)N3CCNCC3)c1Cl)S2(=O)=O.Cl. The fourth-order valence-corrected chi connectivity index (χ4v) is 7.87. The van der Waals surface area contributed by atoms with Gasteiger partial charge in [0.1, 0.15) is 9.79 Å². The number of ether oxygens (including phenoxy) is 1. The monoisotopic (exact) mass is 611 g/mol. The quantitative estimate of drug-likeness (QED) is 0.493. The number of amides is 1. The first-order valence-electron chi connectivity index (χ1n) is 10.9. The Hall–Kier alpha value is -1.93. The minimum Gasteiger partial charge on any atom is -0.439 e. The summed E-state index contributed by atoms with van der Waals surface area (Å²) in [6.07, 6.45) is 0. The van der Waals surface area contributed by atoms with Crippen LogP contribution in [0, 0.1) is 0 Å². The largest absolute Gasteiger partial charge is 0.439 e. The molecule has 4 rings (SSSR count). The van der Waals surface area contributed by atoms with E-state index in [2.05, 4.69) is 5.32 Å². The number of esters is 1. The average molecular weight is 613 g/mol. The number of hydrogen-bond donors (Lipinski definition) is 1. The molecule has 2 aromatic rings. The molecule has 0 saturated carbocycles. The van der Waals surface area contributed by atoms with Crippen LogP contribution >= 0.6 is 35.6 Å². The second-order valence-corrected chi connectivity index (χ2v) is 13.0. The Morgan fingerprint density at radius 2 is 1.78 bits per heavy atom. The van der Waals surface area contributed by atoms with Crippen LogP contribution in [0.1, 0.15) is 46.0 Å². The number of hydrogen-bond acceptors (Lipinski definition) is 8. The van der Waals surface area contributed by atoms with Crippen molar-refractivity contribution in [2.45, 2.75) is 29.6 Å². The molecule has 1 fully saturated rings. The lowest BCUT2D eigenvalue weighted by Gasteiger charge is -2.27. The molecule has 0 bridgehead atoms. The summed E-state index contributed by atoms with van der Waals surface area (Å²) < 4.78 is 58.9. The van der Waals surface area contributed by atoms with Gasteiger partial charge in [-0.3, -0.25) is 4.79 Å². The van der Waals surface area contributed by atoms with Gasteiger partial charge in [-0.1, -0.05) is 49.2 Å².